The summed E-state index contributed by atoms with van der Waals surface area (Å²) < 4.78 is 0. The first-order chi connectivity index (χ1) is 16.3. The van der Waals surface area contributed by atoms with E-state index < -0.39 is 0 Å². The van der Waals surface area contributed by atoms with Crippen molar-refractivity contribution < 1.29 is 5.11 Å². The fraction of sp³-hybridized carbons (Fsp3) is 0.438. The Kier molecular flexibility index (Phi) is 8.14. The van der Waals surface area contributed by atoms with Gasteiger partial charge in [-0.3, -0.25) is 4.90 Å². The van der Waals surface area contributed by atoms with Crippen molar-refractivity contribution in [3.05, 3.63) is 101 Å². The summed E-state index contributed by atoms with van der Waals surface area (Å²) in [5, 5.41) is 11.4. The third-order valence-electron chi connectivity index (χ3n) is 6.90. The Balaban J connectivity index is 2.12. The van der Waals surface area contributed by atoms with Crippen LogP contribution in [0.5, 0.6) is 5.75 Å². The number of phenolic OH excluding ortho intramolecular Hbond substituents is 1. The summed E-state index contributed by atoms with van der Waals surface area (Å²) in [4.78, 5) is 4.69. The largest absolute Gasteiger partial charge is 0.507 e. The standard InChI is InChI=1S/C32H44N2O/c1-31(2,3)26-20-25(30(35)27(21-26)32(4,5)6)22-34(9)29(24-18-14-11-15-19-24)28(33(7)8)23-16-12-10-13-17-23/h10-21,28-29,35H,22H2,1-9H3/t28-,29-/m1/s1. The lowest BCUT2D eigenvalue weighted by Gasteiger charge is -2.39. The van der Waals surface area contributed by atoms with E-state index >= 15 is 0 Å². The Labute approximate surface area is 213 Å². The van der Waals surface area contributed by atoms with Crippen molar-refractivity contribution in [2.45, 2.75) is 71.0 Å². The zero-order chi connectivity index (χ0) is 26.0. The second-order valence-electron chi connectivity index (χ2n) is 12.1. The molecule has 3 heteroatoms. The van der Waals surface area contributed by atoms with Gasteiger partial charge in [0.25, 0.3) is 0 Å². The predicted octanol–water partition coefficient (Wildman–Crippen LogP) is 7.46. The number of nitrogens with zero attached hydrogens (tertiary/aromatic N) is 2. The number of aromatic hydroxyl groups is 1. The topological polar surface area (TPSA) is 26.7 Å². The van der Waals surface area contributed by atoms with E-state index in [9.17, 15) is 5.11 Å². The van der Waals surface area contributed by atoms with Crippen LogP contribution >= 0.6 is 0 Å². The van der Waals surface area contributed by atoms with Gasteiger partial charge in [0.15, 0.2) is 0 Å². The molecule has 3 aromatic carbocycles. The van der Waals surface area contributed by atoms with Gasteiger partial charge in [0.05, 0.1) is 12.1 Å². The molecule has 0 amide bonds. The molecule has 2 atom stereocenters. The van der Waals surface area contributed by atoms with Crippen molar-refractivity contribution in [1.82, 2.24) is 9.80 Å². The lowest BCUT2D eigenvalue weighted by atomic mass is 9.78. The first kappa shape index (κ1) is 27.0. The molecule has 35 heavy (non-hydrogen) atoms. The van der Waals surface area contributed by atoms with E-state index in [2.05, 4.69) is 145 Å². The van der Waals surface area contributed by atoms with Gasteiger partial charge in [0.2, 0.25) is 0 Å². The molecule has 0 saturated carbocycles. The van der Waals surface area contributed by atoms with Crippen LogP contribution in [0.4, 0.5) is 0 Å². The highest BCUT2D eigenvalue weighted by Gasteiger charge is 2.32. The fourth-order valence-corrected chi connectivity index (χ4v) is 4.93. The van der Waals surface area contributed by atoms with Crippen LogP contribution in [0.15, 0.2) is 72.8 Å². The number of hydrogen-bond donors (Lipinski definition) is 1. The number of hydrogen-bond acceptors (Lipinski definition) is 3. The van der Waals surface area contributed by atoms with Gasteiger partial charge in [-0.2, -0.15) is 0 Å². The van der Waals surface area contributed by atoms with E-state index in [0.717, 1.165) is 11.1 Å². The monoisotopic (exact) mass is 472 g/mol. The van der Waals surface area contributed by atoms with Crippen LogP contribution in [0, 0.1) is 0 Å². The maximum Gasteiger partial charge on any atom is 0.123 e. The second kappa shape index (κ2) is 10.6. The van der Waals surface area contributed by atoms with E-state index in [-0.39, 0.29) is 22.9 Å². The molecule has 0 heterocycles. The quantitative estimate of drug-likeness (QED) is 0.386. The molecular formula is C32H44N2O. The first-order valence-electron chi connectivity index (χ1n) is 12.6. The van der Waals surface area contributed by atoms with Gasteiger partial charge >= 0.3 is 0 Å². The summed E-state index contributed by atoms with van der Waals surface area (Å²) in [5.74, 6) is 0.422. The molecule has 0 bridgehead atoms. The van der Waals surface area contributed by atoms with Gasteiger partial charge in [-0.1, -0.05) is 114 Å². The van der Waals surface area contributed by atoms with Gasteiger partial charge in [-0.25, -0.2) is 0 Å². The van der Waals surface area contributed by atoms with Crippen molar-refractivity contribution in [3.63, 3.8) is 0 Å². The average Bonchev–Trinajstić information content (AvgIpc) is 2.78. The molecule has 1 N–H and O–H groups in total. The maximum atomic E-state index is 11.4. The summed E-state index contributed by atoms with van der Waals surface area (Å²) in [6.45, 7) is 13.9. The summed E-state index contributed by atoms with van der Waals surface area (Å²) in [5.41, 5.74) is 5.64. The van der Waals surface area contributed by atoms with Crippen LogP contribution < -0.4 is 0 Å². The Morgan fingerprint density at radius 1 is 0.686 bits per heavy atom. The summed E-state index contributed by atoms with van der Waals surface area (Å²) in [6.07, 6.45) is 0. The van der Waals surface area contributed by atoms with Crippen LogP contribution in [-0.4, -0.2) is 36.0 Å². The Bertz CT molecular complexity index is 1090. The molecule has 0 aliphatic carbocycles. The zero-order valence-electron chi connectivity index (χ0n) is 23.1. The van der Waals surface area contributed by atoms with E-state index in [0.29, 0.717) is 12.3 Å². The molecule has 0 radical (unpaired) electrons. The number of likely N-dealkylation sites (N-methyl/N-ethyl adjacent to an activating group) is 2. The average molecular weight is 473 g/mol. The maximum absolute atomic E-state index is 11.4. The summed E-state index contributed by atoms with van der Waals surface area (Å²) in [7, 11) is 6.48. The molecule has 0 spiro atoms. The van der Waals surface area contributed by atoms with Crippen LogP contribution in [0.1, 0.15) is 81.4 Å². The smallest absolute Gasteiger partial charge is 0.123 e. The van der Waals surface area contributed by atoms with Crippen molar-refractivity contribution in [2.75, 3.05) is 21.1 Å². The first-order valence-corrected chi connectivity index (χ1v) is 12.6. The highest BCUT2D eigenvalue weighted by Crippen LogP contribution is 2.41. The molecule has 188 valence electrons. The van der Waals surface area contributed by atoms with Crippen molar-refractivity contribution in [2.24, 2.45) is 0 Å². The van der Waals surface area contributed by atoms with Crippen LogP contribution in [0.2, 0.25) is 0 Å². The molecule has 3 rings (SSSR count). The third kappa shape index (κ3) is 6.34. The van der Waals surface area contributed by atoms with Gasteiger partial charge in [0, 0.05) is 12.1 Å². The van der Waals surface area contributed by atoms with Gasteiger partial charge < -0.3 is 10.0 Å². The van der Waals surface area contributed by atoms with Crippen LogP contribution in [0.25, 0.3) is 0 Å². The Morgan fingerprint density at radius 2 is 1.17 bits per heavy atom. The zero-order valence-corrected chi connectivity index (χ0v) is 23.1. The molecule has 0 saturated heterocycles. The summed E-state index contributed by atoms with van der Waals surface area (Å²) in [6, 6.07) is 26.1. The fourth-order valence-electron chi connectivity index (χ4n) is 4.93. The van der Waals surface area contributed by atoms with Gasteiger partial charge in [0.1, 0.15) is 5.75 Å². The third-order valence-corrected chi connectivity index (χ3v) is 6.90. The minimum atomic E-state index is -0.145. The summed E-state index contributed by atoms with van der Waals surface area (Å²) >= 11 is 0. The van der Waals surface area contributed by atoms with Gasteiger partial charge in [-0.05, 0) is 54.2 Å². The molecule has 0 fully saturated rings. The number of phenols is 1. The normalized spacial score (nSPS) is 14.4. The van der Waals surface area contributed by atoms with E-state index in [1.807, 2.05) is 0 Å². The lowest BCUT2D eigenvalue weighted by molar-refractivity contribution is 0.123. The highest BCUT2D eigenvalue weighted by atomic mass is 16.3. The highest BCUT2D eigenvalue weighted by molar-refractivity contribution is 5.49. The van der Waals surface area contributed by atoms with E-state index in [1.165, 1.54) is 16.7 Å². The number of benzene rings is 3. The Morgan fingerprint density at radius 3 is 1.60 bits per heavy atom. The van der Waals surface area contributed by atoms with E-state index in [1.54, 1.807) is 0 Å². The number of rotatable bonds is 7. The van der Waals surface area contributed by atoms with Gasteiger partial charge in [-0.15, -0.1) is 0 Å². The van der Waals surface area contributed by atoms with Crippen molar-refractivity contribution >= 4 is 0 Å². The second-order valence-corrected chi connectivity index (χ2v) is 12.1. The minimum absolute atomic E-state index is 0.00391. The Hall–Kier alpha value is -2.62. The SMILES string of the molecule is CN(C)[C@H](c1ccccc1)[C@@H](c1ccccc1)N(C)Cc1cc(C(C)(C)C)cc(C(C)(C)C)c1O. The minimum Gasteiger partial charge on any atom is -0.507 e. The molecule has 0 aliphatic rings. The molecule has 3 aromatic rings. The predicted molar refractivity (Wildman–Crippen MR) is 149 cm³/mol. The van der Waals surface area contributed by atoms with Crippen LogP contribution in [-0.2, 0) is 17.4 Å². The van der Waals surface area contributed by atoms with Crippen molar-refractivity contribution in [1.29, 1.82) is 0 Å². The van der Waals surface area contributed by atoms with Crippen LogP contribution in [0.3, 0.4) is 0 Å². The molecule has 0 aromatic heterocycles. The molecule has 0 aliphatic heterocycles. The lowest BCUT2D eigenvalue weighted by Crippen LogP contribution is -2.36. The van der Waals surface area contributed by atoms with E-state index in [4.69, 9.17) is 0 Å². The van der Waals surface area contributed by atoms with Crippen molar-refractivity contribution in [3.8, 4) is 5.75 Å². The molecule has 3 nitrogen and oxygen atoms in total. The molecular weight excluding hydrogens is 428 g/mol. The molecule has 0 unspecified atom stereocenters.